The van der Waals surface area contributed by atoms with E-state index in [9.17, 15) is 0 Å². The van der Waals surface area contributed by atoms with E-state index >= 15 is 0 Å². The van der Waals surface area contributed by atoms with Crippen LogP contribution < -0.4 is 0 Å². The summed E-state index contributed by atoms with van der Waals surface area (Å²) in [5.74, 6) is 0. The molecule has 5 nitrogen and oxygen atoms in total. The average molecular weight is 243 g/mol. The lowest BCUT2D eigenvalue weighted by Gasteiger charge is -2.23. The van der Waals surface area contributed by atoms with Gasteiger partial charge in [0, 0.05) is 24.0 Å². The maximum atomic E-state index is 4.39. The van der Waals surface area contributed by atoms with Crippen molar-refractivity contribution < 1.29 is 0 Å². The Morgan fingerprint density at radius 1 is 1.50 bits per heavy atom. The zero-order valence-corrected chi connectivity index (χ0v) is 10.5. The maximum Gasteiger partial charge on any atom is 0.115 e. The fourth-order valence-electron chi connectivity index (χ4n) is 2.60. The van der Waals surface area contributed by atoms with Crippen molar-refractivity contribution in [2.45, 2.75) is 32.4 Å². The third-order valence-corrected chi connectivity index (χ3v) is 3.62. The molecule has 18 heavy (non-hydrogen) atoms. The number of H-pyrrole nitrogens is 1. The fourth-order valence-corrected chi connectivity index (χ4v) is 2.60. The van der Waals surface area contributed by atoms with Gasteiger partial charge in [0.15, 0.2) is 0 Å². The van der Waals surface area contributed by atoms with Crippen LogP contribution >= 0.6 is 0 Å². The monoisotopic (exact) mass is 243 g/mol. The molecule has 3 heterocycles. The minimum atomic E-state index is 0.419. The number of rotatable bonds is 3. The van der Waals surface area contributed by atoms with E-state index in [1.54, 1.807) is 6.33 Å². The Hall–Kier alpha value is -1.75. The van der Waals surface area contributed by atoms with Gasteiger partial charge in [0.25, 0.3) is 0 Å². The molecule has 0 saturated carbocycles. The molecular weight excluding hydrogens is 226 g/mol. The smallest absolute Gasteiger partial charge is 0.115 e. The van der Waals surface area contributed by atoms with E-state index in [0.29, 0.717) is 6.04 Å². The highest BCUT2D eigenvalue weighted by Gasteiger charge is 2.27. The van der Waals surface area contributed by atoms with Crippen LogP contribution in [0.4, 0.5) is 0 Å². The molecule has 2 aromatic rings. The Labute approximate surface area is 106 Å². The van der Waals surface area contributed by atoms with Crippen LogP contribution in [-0.2, 0) is 6.54 Å². The minimum absolute atomic E-state index is 0.419. The largest absolute Gasteiger partial charge is 0.290 e. The van der Waals surface area contributed by atoms with Gasteiger partial charge in [-0.05, 0) is 32.4 Å². The minimum Gasteiger partial charge on any atom is -0.290 e. The highest BCUT2D eigenvalue weighted by atomic mass is 15.2. The summed E-state index contributed by atoms with van der Waals surface area (Å²) >= 11 is 0. The van der Waals surface area contributed by atoms with Gasteiger partial charge in [0.1, 0.15) is 6.33 Å². The van der Waals surface area contributed by atoms with Crippen molar-refractivity contribution in [1.82, 2.24) is 25.1 Å². The number of likely N-dealkylation sites (tertiary alicyclic amines) is 1. The second kappa shape index (κ2) is 4.86. The van der Waals surface area contributed by atoms with Gasteiger partial charge < -0.3 is 0 Å². The van der Waals surface area contributed by atoms with E-state index in [1.165, 1.54) is 18.4 Å². The number of hydrogen-bond acceptors (Lipinski definition) is 4. The third kappa shape index (κ3) is 2.13. The second-order valence-electron chi connectivity index (χ2n) is 4.78. The molecule has 0 unspecified atom stereocenters. The molecule has 0 radical (unpaired) electrons. The average Bonchev–Trinajstić information content (AvgIpc) is 3.01. The highest BCUT2D eigenvalue weighted by molar-refractivity contribution is 5.16. The Bertz CT molecular complexity index is 507. The van der Waals surface area contributed by atoms with E-state index in [-0.39, 0.29) is 0 Å². The van der Waals surface area contributed by atoms with Crippen LogP contribution in [0.25, 0.3) is 0 Å². The van der Waals surface area contributed by atoms with Gasteiger partial charge in [-0.25, -0.2) is 9.97 Å². The van der Waals surface area contributed by atoms with Gasteiger partial charge in [0.2, 0.25) is 0 Å². The van der Waals surface area contributed by atoms with Crippen molar-refractivity contribution in [1.29, 1.82) is 0 Å². The van der Waals surface area contributed by atoms with Crippen molar-refractivity contribution in [3.05, 3.63) is 41.7 Å². The summed E-state index contributed by atoms with van der Waals surface area (Å²) in [6.45, 7) is 4.13. The quantitative estimate of drug-likeness (QED) is 0.893. The van der Waals surface area contributed by atoms with Crippen LogP contribution in [0.15, 0.2) is 24.8 Å². The van der Waals surface area contributed by atoms with Gasteiger partial charge in [-0.3, -0.25) is 10.00 Å². The van der Waals surface area contributed by atoms with Crippen LogP contribution in [0.2, 0.25) is 0 Å². The van der Waals surface area contributed by atoms with Crippen LogP contribution in [0.5, 0.6) is 0 Å². The molecular formula is C13H17N5. The molecule has 0 aromatic carbocycles. The molecule has 1 N–H and O–H groups in total. The van der Waals surface area contributed by atoms with E-state index in [1.807, 2.05) is 18.5 Å². The van der Waals surface area contributed by atoms with Crippen molar-refractivity contribution >= 4 is 0 Å². The van der Waals surface area contributed by atoms with E-state index in [0.717, 1.165) is 24.5 Å². The van der Waals surface area contributed by atoms with Crippen molar-refractivity contribution in [2.75, 3.05) is 6.54 Å². The number of hydrogen-bond donors (Lipinski definition) is 1. The maximum absolute atomic E-state index is 4.39. The van der Waals surface area contributed by atoms with Crippen LogP contribution in [0.3, 0.4) is 0 Å². The second-order valence-corrected chi connectivity index (χ2v) is 4.78. The Balaban J connectivity index is 1.78. The molecule has 2 aromatic heterocycles. The molecule has 0 bridgehead atoms. The first-order chi connectivity index (χ1) is 8.84. The predicted molar refractivity (Wildman–Crippen MR) is 67.7 cm³/mol. The molecule has 94 valence electrons. The van der Waals surface area contributed by atoms with Gasteiger partial charge in [-0.2, -0.15) is 5.10 Å². The molecule has 0 aliphatic carbocycles. The van der Waals surface area contributed by atoms with E-state index < -0.39 is 0 Å². The highest BCUT2D eigenvalue weighted by Crippen LogP contribution is 2.31. The lowest BCUT2D eigenvalue weighted by atomic mass is 10.1. The Morgan fingerprint density at radius 2 is 2.44 bits per heavy atom. The summed E-state index contributed by atoms with van der Waals surface area (Å²) in [5, 5.41) is 7.08. The molecule has 1 saturated heterocycles. The van der Waals surface area contributed by atoms with Crippen molar-refractivity contribution in [2.24, 2.45) is 0 Å². The summed E-state index contributed by atoms with van der Waals surface area (Å²) in [7, 11) is 0. The van der Waals surface area contributed by atoms with Crippen molar-refractivity contribution in [3.8, 4) is 0 Å². The first kappa shape index (κ1) is 11.3. The first-order valence-corrected chi connectivity index (χ1v) is 6.33. The summed E-state index contributed by atoms with van der Waals surface area (Å²) < 4.78 is 0. The van der Waals surface area contributed by atoms with Gasteiger partial charge >= 0.3 is 0 Å². The molecule has 1 atom stereocenters. The topological polar surface area (TPSA) is 57.7 Å². The van der Waals surface area contributed by atoms with Crippen LogP contribution in [-0.4, -0.2) is 31.6 Å². The molecule has 5 heteroatoms. The Kier molecular flexibility index (Phi) is 3.06. The third-order valence-electron chi connectivity index (χ3n) is 3.62. The normalized spacial score (nSPS) is 20.4. The summed E-state index contributed by atoms with van der Waals surface area (Å²) in [6.07, 6.45) is 7.78. The number of nitrogens with zero attached hydrogens (tertiary/aromatic N) is 4. The molecule has 1 aliphatic rings. The van der Waals surface area contributed by atoms with Gasteiger partial charge in [-0.15, -0.1) is 0 Å². The summed E-state index contributed by atoms with van der Waals surface area (Å²) in [4.78, 5) is 10.8. The zero-order chi connectivity index (χ0) is 12.4. The Morgan fingerprint density at radius 3 is 3.17 bits per heavy atom. The number of aromatic nitrogens is 4. The zero-order valence-electron chi connectivity index (χ0n) is 10.5. The van der Waals surface area contributed by atoms with E-state index in [4.69, 9.17) is 0 Å². The SMILES string of the molecule is Cc1[nH]ncc1CN1CCC[C@H]1c1ccncn1. The standard InChI is InChI=1S/C13H17N5/c1-10-11(7-16-17-10)8-18-6-2-3-13(18)12-4-5-14-9-15-12/h4-5,7,9,13H,2-3,6,8H2,1H3,(H,16,17)/t13-/m0/s1. The fraction of sp³-hybridized carbons (Fsp3) is 0.462. The molecule has 1 fully saturated rings. The first-order valence-electron chi connectivity index (χ1n) is 6.33. The number of aromatic amines is 1. The van der Waals surface area contributed by atoms with Crippen LogP contribution in [0.1, 0.15) is 35.8 Å². The lowest BCUT2D eigenvalue weighted by Crippen LogP contribution is -2.23. The van der Waals surface area contributed by atoms with Crippen LogP contribution in [0, 0.1) is 6.92 Å². The number of nitrogens with one attached hydrogen (secondary N) is 1. The predicted octanol–water partition coefficient (Wildman–Crippen LogP) is 1.85. The van der Waals surface area contributed by atoms with Gasteiger partial charge in [-0.1, -0.05) is 0 Å². The lowest BCUT2D eigenvalue weighted by molar-refractivity contribution is 0.244. The molecule has 0 amide bonds. The summed E-state index contributed by atoms with van der Waals surface area (Å²) in [5.41, 5.74) is 3.56. The van der Waals surface area contributed by atoms with E-state index in [2.05, 4.69) is 32.0 Å². The molecule has 0 spiro atoms. The molecule has 3 rings (SSSR count). The summed E-state index contributed by atoms with van der Waals surface area (Å²) in [6, 6.07) is 2.44. The van der Waals surface area contributed by atoms with Crippen molar-refractivity contribution in [3.63, 3.8) is 0 Å². The van der Waals surface area contributed by atoms with Gasteiger partial charge in [0.05, 0.1) is 17.9 Å². The molecule has 1 aliphatic heterocycles. The number of aryl methyl sites for hydroxylation is 1.